The van der Waals surface area contributed by atoms with E-state index in [-0.39, 0.29) is 11.8 Å². The van der Waals surface area contributed by atoms with Crippen LogP contribution in [-0.4, -0.2) is 25.0 Å². The molecule has 0 radical (unpaired) electrons. The number of anilines is 2. The molecule has 0 spiro atoms. The van der Waals surface area contributed by atoms with Gasteiger partial charge in [-0.1, -0.05) is 15.9 Å². The summed E-state index contributed by atoms with van der Waals surface area (Å²) in [6.07, 6.45) is -0.713. The molecule has 0 aliphatic rings. The van der Waals surface area contributed by atoms with Crippen molar-refractivity contribution in [3.05, 3.63) is 46.9 Å². The molecular formula is C18H19BrN2O4. The Morgan fingerprint density at radius 1 is 1.08 bits per heavy atom. The molecule has 0 bridgehead atoms. The summed E-state index contributed by atoms with van der Waals surface area (Å²) in [6.45, 7) is 3.07. The lowest BCUT2D eigenvalue weighted by atomic mass is 10.2. The zero-order valence-corrected chi connectivity index (χ0v) is 15.7. The summed E-state index contributed by atoms with van der Waals surface area (Å²) in [5.74, 6) is 0.540. The lowest BCUT2D eigenvalue weighted by molar-refractivity contribution is -0.122. The Hall–Kier alpha value is -2.54. The van der Waals surface area contributed by atoms with Gasteiger partial charge in [0.1, 0.15) is 11.5 Å². The minimum atomic E-state index is -0.713. The molecule has 0 saturated heterocycles. The van der Waals surface area contributed by atoms with E-state index in [0.29, 0.717) is 22.9 Å². The molecule has 1 atom stereocenters. The first-order valence-electron chi connectivity index (χ1n) is 7.57. The number of ether oxygens (including phenoxy) is 2. The Labute approximate surface area is 154 Å². The number of carbonyl (C=O) groups excluding carboxylic acids is 2. The number of halogens is 1. The van der Waals surface area contributed by atoms with Gasteiger partial charge in [0.2, 0.25) is 5.91 Å². The first-order chi connectivity index (χ1) is 11.9. The molecule has 0 aromatic heterocycles. The lowest BCUT2D eigenvalue weighted by Crippen LogP contribution is -2.30. The van der Waals surface area contributed by atoms with E-state index < -0.39 is 6.10 Å². The van der Waals surface area contributed by atoms with E-state index in [4.69, 9.17) is 9.47 Å². The van der Waals surface area contributed by atoms with Gasteiger partial charge in [-0.2, -0.15) is 0 Å². The van der Waals surface area contributed by atoms with Crippen molar-refractivity contribution < 1.29 is 19.1 Å². The molecule has 1 unspecified atom stereocenters. The largest absolute Gasteiger partial charge is 0.495 e. The third-order valence-electron chi connectivity index (χ3n) is 3.27. The van der Waals surface area contributed by atoms with Crippen molar-refractivity contribution in [1.29, 1.82) is 0 Å². The summed E-state index contributed by atoms with van der Waals surface area (Å²) in [5, 5.41) is 5.42. The van der Waals surface area contributed by atoms with Crippen molar-refractivity contribution in [2.75, 3.05) is 17.7 Å². The molecule has 0 aliphatic carbocycles. The Morgan fingerprint density at radius 2 is 1.76 bits per heavy atom. The number of rotatable bonds is 6. The van der Waals surface area contributed by atoms with Crippen molar-refractivity contribution in [2.24, 2.45) is 0 Å². The maximum absolute atomic E-state index is 12.4. The average molecular weight is 407 g/mol. The van der Waals surface area contributed by atoms with Crippen molar-refractivity contribution >= 4 is 39.1 Å². The van der Waals surface area contributed by atoms with Crippen LogP contribution in [0.15, 0.2) is 46.9 Å². The third kappa shape index (κ3) is 5.49. The van der Waals surface area contributed by atoms with Crippen LogP contribution in [0.2, 0.25) is 0 Å². The molecule has 2 N–H and O–H groups in total. The number of nitrogens with one attached hydrogen (secondary N) is 2. The number of benzene rings is 2. The first kappa shape index (κ1) is 18.8. The maximum atomic E-state index is 12.4. The molecule has 0 heterocycles. The van der Waals surface area contributed by atoms with Gasteiger partial charge in [-0.15, -0.1) is 0 Å². The van der Waals surface area contributed by atoms with Crippen LogP contribution in [0.25, 0.3) is 0 Å². The van der Waals surface area contributed by atoms with Gasteiger partial charge in [0, 0.05) is 17.1 Å². The highest BCUT2D eigenvalue weighted by atomic mass is 79.9. The molecule has 2 amide bonds. The van der Waals surface area contributed by atoms with E-state index in [0.717, 1.165) is 4.47 Å². The highest BCUT2D eigenvalue weighted by molar-refractivity contribution is 9.10. The van der Waals surface area contributed by atoms with E-state index in [1.54, 1.807) is 37.3 Å². The quantitative estimate of drug-likeness (QED) is 0.764. The normalized spacial score (nSPS) is 11.4. The zero-order valence-electron chi connectivity index (χ0n) is 14.1. The number of amides is 2. The summed E-state index contributed by atoms with van der Waals surface area (Å²) in [7, 11) is 1.50. The van der Waals surface area contributed by atoms with Gasteiger partial charge in [0.15, 0.2) is 6.10 Å². The second-order valence-corrected chi connectivity index (χ2v) is 6.22. The van der Waals surface area contributed by atoms with Crippen LogP contribution < -0.4 is 20.1 Å². The molecule has 0 fully saturated rings. The summed E-state index contributed by atoms with van der Waals surface area (Å²) < 4.78 is 11.8. The standard InChI is InChI=1S/C18H19BrN2O4/c1-11(25-15-7-4-13(19)5-8-15)18(23)21-16-10-14(20-12(2)22)6-9-17(16)24-3/h4-11H,1-3H3,(H,20,22)(H,21,23). The summed E-state index contributed by atoms with van der Waals surface area (Å²) in [4.78, 5) is 23.6. The lowest BCUT2D eigenvalue weighted by Gasteiger charge is -2.17. The van der Waals surface area contributed by atoms with Crippen LogP contribution in [0.1, 0.15) is 13.8 Å². The van der Waals surface area contributed by atoms with Crippen LogP contribution in [-0.2, 0) is 9.59 Å². The Bertz CT molecular complexity index is 762. The van der Waals surface area contributed by atoms with Gasteiger partial charge in [-0.3, -0.25) is 9.59 Å². The van der Waals surface area contributed by atoms with Gasteiger partial charge >= 0.3 is 0 Å². The van der Waals surface area contributed by atoms with Crippen LogP contribution >= 0.6 is 15.9 Å². The number of carbonyl (C=O) groups is 2. The summed E-state index contributed by atoms with van der Waals surface area (Å²) in [6, 6.07) is 12.2. The van der Waals surface area contributed by atoms with Gasteiger partial charge in [0.25, 0.3) is 5.91 Å². The Morgan fingerprint density at radius 3 is 2.36 bits per heavy atom. The molecule has 2 rings (SSSR count). The van der Waals surface area contributed by atoms with Crippen molar-refractivity contribution in [2.45, 2.75) is 20.0 Å². The predicted octanol–water partition coefficient (Wildman–Crippen LogP) is 3.82. The minimum Gasteiger partial charge on any atom is -0.495 e. The third-order valence-corrected chi connectivity index (χ3v) is 3.80. The predicted molar refractivity (Wildman–Crippen MR) is 100 cm³/mol. The van der Waals surface area contributed by atoms with Crippen LogP contribution in [0.5, 0.6) is 11.5 Å². The van der Waals surface area contributed by atoms with Crippen molar-refractivity contribution in [3.8, 4) is 11.5 Å². The molecule has 7 heteroatoms. The van der Waals surface area contributed by atoms with E-state index in [2.05, 4.69) is 26.6 Å². The summed E-state index contributed by atoms with van der Waals surface area (Å²) in [5.41, 5.74) is 1.01. The highest BCUT2D eigenvalue weighted by Gasteiger charge is 2.17. The van der Waals surface area contributed by atoms with E-state index in [9.17, 15) is 9.59 Å². The van der Waals surface area contributed by atoms with Crippen molar-refractivity contribution in [1.82, 2.24) is 0 Å². The van der Waals surface area contributed by atoms with Crippen molar-refractivity contribution in [3.63, 3.8) is 0 Å². The second kappa shape index (κ2) is 8.53. The Balaban J connectivity index is 2.09. The van der Waals surface area contributed by atoms with Crippen LogP contribution in [0.4, 0.5) is 11.4 Å². The topological polar surface area (TPSA) is 76.7 Å². The molecule has 2 aromatic carbocycles. The van der Waals surface area contributed by atoms with Gasteiger partial charge in [-0.25, -0.2) is 0 Å². The molecule has 2 aromatic rings. The number of hydrogen-bond acceptors (Lipinski definition) is 4. The van der Waals surface area contributed by atoms with Crippen LogP contribution in [0.3, 0.4) is 0 Å². The van der Waals surface area contributed by atoms with Gasteiger partial charge in [-0.05, 0) is 49.4 Å². The minimum absolute atomic E-state index is 0.200. The average Bonchev–Trinajstić information content (AvgIpc) is 2.56. The Kier molecular flexibility index (Phi) is 6.41. The second-order valence-electron chi connectivity index (χ2n) is 5.30. The van der Waals surface area contributed by atoms with E-state index >= 15 is 0 Å². The maximum Gasteiger partial charge on any atom is 0.265 e. The van der Waals surface area contributed by atoms with E-state index in [1.807, 2.05) is 12.1 Å². The van der Waals surface area contributed by atoms with Crippen LogP contribution in [0, 0.1) is 0 Å². The number of hydrogen-bond donors (Lipinski definition) is 2. The molecule has 25 heavy (non-hydrogen) atoms. The molecular weight excluding hydrogens is 388 g/mol. The molecule has 0 aliphatic heterocycles. The molecule has 0 saturated carbocycles. The fourth-order valence-electron chi connectivity index (χ4n) is 2.09. The van der Waals surface area contributed by atoms with Gasteiger partial charge < -0.3 is 20.1 Å². The molecule has 132 valence electrons. The monoisotopic (exact) mass is 406 g/mol. The summed E-state index contributed by atoms with van der Waals surface area (Å²) >= 11 is 3.35. The smallest absolute Gasteiger partial charge is 0.265 e. The zero-order chi connectivity index (χ0) is 18.4. The fourth-order valence-corrected chi connectivity index (χ4v) is 2.36. The highest BCUT2D eigenvalue weighted by Crippen LogP contribution is 2.28. The van der Waals surface area contributed by atoms with E-state index in [1.165, 1.54) is 14.0 Å². The SMILES string of the molecule is COc1ccc(NC(C)=O)cc1NC(=O)C(C)Oc1ccc(Br)cc1. The fraction of sp³-hybridized carbons (Fsp3) is 0.222. The van der Waals surface area contributed by atoms with Gasteiger partial charge in [0.05, 0.1) is 12.8 Å². The molecule has 6 nitrogen and oxygen atoms in total. The number of methoxy groups -OCH3 is 1. The first-order valence-corrected chi connectivity index (χ1v) is 8.37.